The maximum atomic E-state index is 12.4. The number of hydrogen-bond acceptors (Lipinski definition) is 5. The van der Waals surface area contributed by atoms with E-state index in [4.69, 9.17) is 10.3 Å². The lowest BCUT2D eigenvalue weighted by molar-refractivity contribution is -0.135. The molecule has 1 aromatic heterocycles. The van der Waals surface area contributed by atoms with E-state index in [9.17, 15) is 4.79 Å². The average Bonchev–Trinajstić information content (AvgIpc) is 2.95. The summed E-state index contributed by atoms with van der Waals surface area (Å²) in [6.45, 7) is 4.92. The van der Waals surface area contributed by atoms with Gasteiger partial charge in [0.15, 0.2) is 5.82 Å². The van der Waals surface area contributed by atoms with E-state index in [1.54, 1.807) is 0 Å². The first kappa shape index (κ1) is 16.9. The Balaban J connectivity index is 1.78. The first-order chi connectivity index (χ1) is 10.6. The molecule has 124 valence electrons. The second-order valence-corrected chi connectivity index (χ2v) is 6.22. The van der Waals surface area contributed by atoms with Gasteiger partial charge < -0.3 is 15.2 Å². The van der Waals surface area contributed by atoms with Crippen LogP contribution in [0.5, 0.6) is 0 Å². The molecule has 1 fully saturated rings. The van der Waals surface area contributed by atoms with Crippen molar-refractivity contribution in [2.24, 2.45) is 5.73 Å². The number of hydrogen-bond donors (Lipinski definition) is 1. The van der Waals surface area contributed by atoms with Gasteiger partial charge in [0.1, 0.15) is 0 Å². The SMILES string of the molecule is CCCc1noc(CCCC(=O)N2CCCCC2C(C)N)n1. The van der Waals surface area contributed by atoms with Gasteiger partial charge in [-0.05, 0) is 39.0 Å². The molecule has 6 heteroatoms. The van der Waals surface area contributed by atoms with Crippen LogP contribution in [0.25, 0.3) is 0 Å². The highest BCUT2D eigenvalue weighted by Gasteiger charge is 2.28. The molecule has 0 radical (unpaired) electrons. The summed E-state index contributed by atoms with van der Waals surface area (Å²) in [6, 6.07) is 0.234. The summed E-state index contributed by atoms with van der Waals surface area (Å²) in [7, 11) is 0. The fourth-order valence-corrected chi connectivity index (χ4v) is 3.06. The van der Waals surface area contributed by atoms with E-state index in [1.165, 1.54) is 0 Å². The number of piperidine rings is 1. The monoisotopic (exact) mass is 308 g/mol. The molecule has 0 aromatic carbocycles. The molecule has 1 saturated heterocycles. The molecule has 2 unspecified atom stereocenters. The maximum absolute atomic E-state index is 12.4. The molecule has 0 saturated carbocycles. The zero-order chi connectivity index (χ0) is 15.9. The molecule has 6 nitrogen and oxygen atoms in total. The third-order valence-corrected chi connectivity index (χ3v) is 4.24. The highest BCUT2D eigenvalue weighted by atomic mass is 16.5. The lowest BCUT2D eigenvalue weighted by Gasteiger charge is -2.38. The quantitative estimate of drug-likeness (QED) is 0.833. The topological polar surface area (TPSA) is 85.2 Å². The highest BCUT2D eigenvalue weighted by molar-refractivity contribution is 5.76. The van der Waals surface area contributed by atoms with Gasteiger partial charge in [-0.15, -0.1) is 0 Å². The molecule has 22 heavy (non-hydrogen) atoms. The summed E-state index contributed by atoms with van der Waals surface area (Å²) < 4.78 is 5.20. The Bertz CT molecular complexity index is 472. The predicted octanol–water partition coefficient (Wildman–Crippen LogP) is 2.07. The van der Waals surface area contributed by atoms with Crippen LogP contribution in [0.15, 0.2) is 4.52 Å². The zero-order valence-electron chi connectivity index (χ0n) is 13.8. The van der Waals surface area contributed by atoms with E-state index >= 15 is 0 Å². The highest BCUT2D eigenvalue weighted by Crippen LogP contribution is 2.20. The van der Waals surface area contributed by atoms with Gasteiger partial charge in [0.05, 0.1) is 0 Å². The third kappa shape index (κ3) is 4.53. The molecule has 2 N–H and O–H groups in total. The molecule has 2 atom stereocenters. The number of amides is 1. The van der Waals surface area contributed by atoms with Crippen LogP contribution in [-0.2, 0) is 17.6 Å². The number of nitrogens with zero attached hydrogens (tertiary/aromatic N) is 3. The van der Waals surface area contributed by atoms with E-state index < -0.39 is 0 Å². The molecule has 1 amide bonds. The van der Waals surface area contributed by atoms with E-state index in [1.807, 2.05) is 11.8 Å². The van der Waals surface area contributed by atoms with E-state index in [0.717, 1.165) is 50.9 Å². The minimum absolute atomic E-state index is 0.0387. The van der Waals surface area contributed by atoms with Gasteiger partial charge in [0, 0.05) is 37.9 Å². The summed E-state index contributed by atoms with van der Waals surface area (Å²) in [4.78, 5) is 18.7. The Kier molecular flexibility index (Phi) is 6.36. The van der Waals surface area contributed by atoms with Gasteiger partial charge in [0.25, 0.3) is 0 Å². The van der Waals surface area contributed by atoms with Gasteiger partial charge in [-0.1, -0.05) is 12.1 Å². The molecule has 2 heterocycles. The number of aromatic nitrogens is 2. The predicted molar refractivity (Wildman–Crippen MR) is 84.2 cm³/mol. The summed E-state index contributed by atoms with van der Waals surface area (Å²) in [5.41, 5.74) is 6.02. The molecule has 0 spiro atoms. The van der Waals surface area contributed by atoms with Crippen LogP contribution in [0, 0.1) is 0 Å². The Morgan fingerprint density at radius 3 is 3.00 bits per heavy atom. The van der Waals surface area contributed by atoms with E-state index in [2.05, 4.69) is 17.1 Å². The van der Waals surface area contributed by atoms with Crippen LogP contribution in [0.1, 0.15) is 64.1 Å². The van der Waals surface area contributed by atoms with E-state index in [-0.39, 0.29) is 18.0 Å². The number of rotatable bonds is 7. The van der Waals surface area contributed by atoms with Crippen LogP contribution in [0.4, 0.5) is 0 Å². The lowest BCUT2D eigenvalue weighted by atomic mass is 9.96. The summed E-state index contributed by atoms with van der Waals surface area (Å²) >= 11 is 0. The van der Waals surface area contributed by atoms with Gasteiger partial charge in [-0.3, -0.25) is 4.79 Å². The molecule has 0 aliphatic carbocycles. The van der Waals surface area contributed by atoms with Crippen molar-refractivity contribution in [2.45, 2.75) is 77.3 Å². The second-order valence-electron chi connectivity index (χ2n) is 6.22. The van der Waals surface area contributed by atoms with Gasteiger partial charge in [-0.25, -0.2) is 0 Å². The molecule has 1 aromatic rings. The molecule has 2 rings (SSSR count). The zero-order valence-corrected chi connectivity index (χ0v) is 13.8. The number of carbonyl (C=O) groups is 1. The standard InChI is InChI=1S/C16H28N4O2/c1-3-7-14-18-15(22-19-14)9-6-10-16(21)20-11-5-4-8-13(20)12(2)17/h12-13H,3-11,17H2,1-2H3. The molecular formula is C16H28N4O2. The minimum atomic E-state index is 0.0387. The van der Waals surface area contributed by atoms with Crippen LogP contribution >= 0.6 is 0 Å². The Labute approximate surface area is 132 Å². The van der Waals surface area contributed by atoms with Crippen molar-refractivity contribution >= 4 is 5.91 Å². The van der Waals surface area contributed by atoms with Crippen LogP contribution in [0.2, 0.25) is 0 Å². The van der Waals surface area contributed by atoms with Crippen molar-refractivity contribution in [3.8, 4) is 0 Å². The van der Waals surface area contributed by atoms with Crippen LogP contribution in [0.3, 0.4) is 0 Å². The molecule has 1 aliphatic rings. The van der Waals surface area contributed by atoms with E-state index in [0.29, 0.717) is 18.7 Å². The lowest BCUT2D eigenvalue weighted by Crippen LogP contribution is -2.51. The number of nitrogens with two attached hydrogens (primary N) is 1. The number of likely N-dealkylation sites (tertiary alicyclic amines) is 1. The normalized spacial score (nSPS) is 20.1. The average molecular weight is 308 g/mol. The van der Waals surface area contributed by atoms with Crippen molar-refractivity contribution in [1.29, 1.82) is 0 Å². The Morgan fingerprint density at radius 1 is 1.45 bits per heavy atom. The molecular weight excluding hydrogens is 280 g/mol. The second kappa shape index (κ2) is 8.27. The van der Waals surface area contributed by atoms with Crippen molar-refractivity contribution in [1.82, 2.24) is 15.0 Å². The largest absolute Gasteiger partial charge is 0.339 e. The molecule has 1 aliphatic heterocycles. The van der Waals surface area contributed by atoms with Crippen LogP contribution < -0.4 is 5.73 Å². The Morgan fingerprint density at radius 2 is 2.27 bits per heavy atom. The van der Waals surface area contributed by atoms with Crippen molar-refractivity contribution < 1.29 is 9.32 Å². The third-order valence-electron chi connectivity index (χ3n) is 4.24. The summed E-state index contributed by atoms with van der Waals surface area (Å²) in [5.74, 6) is 1.60. The fourth-order valence-electron chi connectivity index (χ4n) is 3.06. The summed E-state index contributed by atoms with van der Waals surface area (Å²) in [6.07, 6.45) is 7.05. The van der Waals surface area contributed by atoms with Crippen molar-refractivity contribution in [3.63, 3.8) is 0 Å². The van der Waals surface area contributed by atoms with Gasteiger partial charge in [-0.2, -0.15) is 4.98 Å². The van der Waals surface area contributed by atoms with Crippen molar-refractivity contribution in [3.05, 3.63) is 11.7 Å². The van der Waals surface area contributed by atoms with Crippen molar-refractivity contribution in [2.75, 3.05) is 6.54 Å². The maximum Gasteiger partial charge on any atom is 0.226 e. The van der Waals surface area contributed by atoms with Crippen LogP contribution in [-0.4, -0.2) is 39.6 Å². The summed E-state index contributed by atoms with van der Waals surface area (Å²) in [5, 5.41) is 3.93. The molecule has 0 bridgehead atoms. The first-order valence-electron chi connectivity index (χ1n) is 8.48. The minimum Gasteiger partial charge on any atom is -0.339 e. The fraction of sp³-hybridized carbons (Fsp3) is 0.812. The van der Waals surface area contributed by atoms with Gasteiger partial charge >= 0.3 is 0 Å². The smallest absolute Gasteiger partial charge is 0.226 e. The number of aryl methyl sites for hydroxylation is 2. The number of carbonyl (C=O) groups excluding carboxylic acids is 1. The van der Waals surface area contributed by atoms with Gasteiger partial charge in [0.2, 0.25) is 11.8 Å². The first-order valence-corrected chi connectivity index (χ1v) is 8.48. The Hall–Kier alpha value is -1.43.